The summed E-state index contributed by atoms with van der Waals surface area (Å²) in [4.78, 5) is 72.3. The lowest BCUT2D eigenvalue weighted by atomic mass is 9.99. The summed E-state index contributed by atoms with van der Waals surface area (Å²) in [5.74, 6) is -0.593. The first kappa shape index (κ1) is 89.1. The van der Waals surface area contributed by atoms with Gasteiger partial charge in [0, 0.05) is 25.7 Å². The van der Waals surface area contributed by atoms with Crippen molar-refractivity contribution in [2.24, 2.45) is 11.8 Å². The summed E-state index contributed by atoms with van der Waals surface area (Å²) in [6, 6.07) is 0. The molecule has 0 aliphatic carbocycles. The van der Waals surface area contributed by atoms with Crippen LogP contribution >= 0.6 is 15.6 Å². The van der Waals surface area contributed by atoms with Crippen molar-refractivity contribution in [2.75, 3.05) is 39.6 Å². The molecule has 0 aliphatic rings. The van der Waals surface area contributed by atoms with Crippen molar-refractivity contribution in [3.8, 4) is 0 Å². The Kier molecular flexibility index (Phi) is 62.7. The van der Waals surface area contributed by atoms with E-state index in [1.165, 1.54) is 180 Å². The molecular formula is C72H140O17P2. The molecule has 0 saturated heterocycles. The number of carbonyl (C=O) groups is 4. The topological polar surface area (TPSA) is 237 Å². The lowest BCUT2D eigenvalue weighted by molar-refractivity contribution is -0.161. The second kappa shape index (κ2) is 64.1. The van der Waals surface area contributed by atoms with E-state index in [9.17, 15) is 43.2 Å². The van der Waals surface area contributed by atoms with E-state index in [2.05, 4.69) is 41.5 Å². The third kappa shape index (κ3) is 65.1. The van der Waals surface area contributed by atoms with E-state index in [4.69, 9.17) is 37.0 Å². The Morgan fingerprint density at radius 1 is 0.319 bits per heavy atom. The van der Waals surface area contributed by atoms with Gasteiger partial charge in [0.25, 0.3) is 0 Å². The van der Waals surface area contributed by atoms with Crippen LogP contribution in [0.25, 0.3) is 0 Å². The van der Waals surface area contributed by atoms with Crippen LogP contribution < -0.4 is 0 Å². The molecule has 3 unspecified atom stereocenters. The number of hydrogen-bond acceptors (Lipinski definition) is 15. The molecule has 0 aromatic rings. The van der Waals surface area contributed by atoms with E-state index >= 15 is 0 Å². The van der Waals surface area contributed by atoms with Crippen LogP contribution in [0.5, 0.6) is 0 Å². The highest BCUT2D eigenvalue weighted by Gasteiger charge is 2.30. The summed E-state index contributed by atoms with van der Waals surface area (Å²) in [6.07, 6.45) is 50.5. The van der Waals surface area contributed by atoms with Gasteiger partial charge in [-0.2, -0.15) is 0 Å². The maximum absolute atomic E-state index is 13.0. The van der Waals surface area contributed by atoms with E-state index in [0.29, 0.717) is 31.6 Å². The van der Waals surface area contributed by atoms with Crippen LogP contribution in [-0.2, 0) is 65.4 Å². The van der Waals surface area contributed by atoms with E-state index in [1.807, 2.05) is 0 Å². The Labute approximate surface area is 556 Å². The lowest BCUT2D eigenvalue weighted by Crippen LogP contribution is -2.30. The Hall–Kier alpha value is -1.94. The van der Waals surface area contributed by atoms with Gasteiger partial charge in [0.05, 0.1) is 26.4 Å². The van der Waals surface area contributed by atoms with E-state index in [0.717, 1.165) is 102 Å². The molecule has 0 radical (unpaired) electrons. The largest absolute Gasteiger partial charge is 0.472 e. The van der Waals surface area contributed by atoms with Gasteiger partial charge >= 0.3 is 39.5 Å². The number of unbranched alkanes of at least 4 members (excludes halogenated alkanes) is 40. The zero-order valence-corrected chi connectivity index (χ0v) is 60.9. The molecule has 0 saturated carbocycles. The van der Waals surface area contributed by atoms with Crippen LogP contribution in [0.2, 0.25) is 0 Å². The number of hydrogen-bond donors (Lipinski definition) is 3. The quantitative estimate of drug-likeness (QED) is 0.0222. The zero-order valence-electron chi connectivity index (χ0n) is 59.1. The van der Waals surface area contributed by atoms with Crippen LogP contribution in [0.1, 0.15) is 369 Å². The molecule has 91 heavy (non-hydrogen) atoms. The minimum Gasteiger partial charge on any atom is -0.462 e. The number of esters is 4. The number of rotatable bonds is 71. The minimum absolute atomic E-state index is 0.103. The van der Waals surface area contributed by atoms with Crippen molar-refractivity contribution in [1.82, 2.24) is 0 Å². The first-order chi connectivity index (χ1) is 43.9. The highest BCUT2D eigenvalue weighted by Crippen LogP contribution is 2.45. The van der Waals surface area contributed by atoms with Crippen molar-refractivity contribution in [1.29, 1.82) is 0 Å². The van der Waals surface area contributed by atoms with Crippen LogP contribution in [-0.4, -0.2) is 96.7 Å². The number of phosphoric ester groups is 2. The number of ether oxygens (including phenoxy) is 4. The van der Waals surface area contributed by atoms with Gasteiger partial charge in [0.15, 0.2) is 12.2 Å². The molecule has 0 spiro atoms. The molecule has 6 atom stereocenters. The van der Waals surface area contributed by atoms with Gasteiger partial charge in [-0.3, -0.25) is 37.3 Å². The molecule has 0 amide bonds. The molecule has 0 bridgehead atoms. The van der Waals surface area contributed by atoms with Gasteiger partial charge in [0.1, 0.15) is 19.3 Å². The standard InChI is InChI=1S/C72H140O17P2/c1-7-10-12-14-15-16-17-18-19-20-21-22-26-29-32-37-43-49-55-70(75)83-61-68(89-71(76)56-50-44-38-33-30-27-24-23-25-28-31-36-42-47-53-65(6)9-3)63-87-91(80,81)85-59-66(73)58-84-90(78,79)86-62-67(60-82-69(74)54-48-40-13-11-8-2)88-72(77)57-51-45-39-34-35-41-46-52-64(4)5/h64-68,73H,7-63H2,1-6H3,(H,78,79)(H,80,81)/t65?,66-,67+,68+/m0/s1. The average molecular weight is 1340 g/mol. The average Bonchev–Trinajstić information content (AvgIpc) is 3.62. The zero-order chi connectivity index (χ0) is 67.2. The maximum Gasteiger partial charge on any atom is 0.472 e. The third-order valence-electron chi connectivity index (χ3n) is 17.1. The van der Waals surface area contributed by atoms with Gasteiger partial charge < -0.3 is 33.8 Å². The van der Waals surface area contributed by atoms with E-state index in [-0.39, 0.29) is 25.7 Å². The molecule has 0 aromatic carbocycles. The van der Waals surface area contributed by atoms with Crippen molar-refractivity contribution in [2.45, 2.75) is 387 Å². The molecule has 3 N–H and O–H groups in total. The second-order valence-electron chi connectivity index (χ2n) is 26.7. The summed E-state index contributed by atoms with van der Waals surface area (Å²) >= 11 is 0. The van der Waals surface area contributed by atoms with Gasteiger partial charge in [-0.15, -0.1) is 0 Å². The Bertz CT molecular complexity index is 1770. The fourth-order valence-corrected chi connectivity index (χ4v) is 12.5. The Morgan fingerprint density at radius 3 is 0.835 bits per heavy atom. The Balaban J connectivity index is 5.14. The number of carbonyl (C=O) groups excluding carboxylic acids is 4. The molecule has 0 aromatic heterocycles. The molecule has 19 heteroatoms. The molecule has 0 aliphatic heterocycles. The highest BCUT2D eigenvalue weighted by molar-refractivity contribution is 7.47. The fraction of sp³-hybridized carbons (Fsp3) is 0.944. The summed E-state index contributed by atoms with van der Waals surface area (Å²) in [5.41, 5.74) is 0. The summed E-state index contributed by atoms with van der Waals surface area (Å²) in [5, 5.41) is 10.6. The number of phosphoric acid groups is 2. The summed E-state index contributed by atoms with van der Waals surface area (Å²) in [7, 11) is -9.89. The molecule has 0 heterocycles. The summed E-state index contributed by atoms with van der Waals surface area (Å²) < 4.78 is 68.1. The highest BCUT2D eigenvalue weighted by atomic mass is 31.2. The Morgan fingerprint density at radius 2 is 0.560 bits per heavy atom. The van der Waals surface area contributed by atoms with Crippen LogP contribution in [0.4, 0.5) is 0 Å². The predicted molar refractivity (Wildman–Crippen MR) is 368 cm³/mol. The monoisotopic (exact) mass is 1340 g/mol. The van der Waals surface area contributed by atoms with E-state index < -0.39 is 97.5 Å². The minimum atomic E-state index is -4.95. The van der Waals surface area contributed by atoms with Crippen LogP contribution in [0, 0.1) is 11.8 Å². The molecule has 0 rings (SSSR count). The van der Waals surface area contributed by atoms with Gasteiger partial charge in [-0.25, -0.2) is 9.13 Å². The van der Waals surface area contributed by atoms with Crippen LogP contribution in [0.15, 0.2) is 0 Å². The van der Waals surface area contributed by atoms with Crippen molar-refractivity contribution < 1.29 is 80.2 Å². The first-order valence-corrected chi connectivity index (χ1v) is 40.5. The smallest absolute Gasteiger partial charge is 0.462 e. The van der Waals surface area contributed by atoms with Crippen molar-refractivity contribution in [3.63, 3.8) is 0 Å². The van der Waals surface area contributed by atoms with Gasteiger partial charge in [0.2, 0.25) is 0 Å². The van der Waals surface area contributed by atoms with Gasteiger partial charge in [-0.1, -0.05) is 318 Å². The summed E-state index contributed by atoms with van der Waals surface area (Å²) in [6.45, 7) is 9.46. The maximum atomic E-state index is 13.0. The molecule has 0 fully saturated rings. The van der Waals surface area contributed by atoms with Crippen LogP contribution in [0.3, 0.4) is 0 Å². The van der Waals surface area contributed by atoms with Crippen molar-refractivity contribution in [3.05, 3.63) is 0 Å². The fourth-order valence-electron chi connectivity index (χ4n) is 10.9. The first-order valence-electron chi connectivity index (χ1n) is 37.5. The molecular weight excluding hydrogens is 1200 g/mol. The third-order valence-corrected chi connectivity index (χ3v) is 19.0. The predicted octanol–water partition coefficient (Wildman–Crippen LogP) is 20.8. The normalized spacial score (nSPS) is 14.4. The number of aliphatic hydroxyl groups is 1. The number of aliphatic hydroxyl groups excluding tert-OH is 1. The molecule has 540 valence electrons. The van der Waals surface area contributed by atoms with Crippen molar-refractivity contribution >= 4 is 39.5 Å². The van der Waals surface area contributed by atoms with E-state index in [1.54, 1.807) is 0 Å². The molecule has 17 nitrogen and oxygen atoms in total. The van der Waals surface area contributed by atoms with Gasteiger partial charge in [-0.05, 0) is 37.5 Å². The lowest BCUT2D eigenvalue weighted by Gasteiger charge is -2.21. The SMILES string of the molecule is CCCCCCCCCCCCCCCCCCCCC(=O)OC[C@H](COP(=O)(O)OC[C@@H](O)COP(=O)(O)OC[C@@H](COC(=O)CCCCCCC)OC(=O)CCCCCCCCCC(C)C)OC(=O)CCCCCCCCCCCCCCCCC(C)CC. The second-order valence-corrected chi connectivity index (χ2v) is 29.6.